The average molecular weight is 480 g/mol. The van der Waals surface area contributed by atoms with Gasteiger partial charge in [-0.1, -0.05) is 44.7 Å². The molecule has 1 heterocycles. The van der Waals surface area contributed by atoms with Gasteiger partial charge in [-0.3, -0.25) is 4.79 Å². The number of sulfone groups is 1. The Balaban J connectivity index is 1.78. The van der Waals surface area contributed by atoms with Gasteiger partial charge in [0.25, 0.3) is 5.91 Å². The first kappa shape index (κ1) is 24.3. The predicted molar refractivity (Wildman–Crippen MR) is 125 cm³/mol. The molecule has 1 amide bonds. The maximum atomic E-state index is 13.2. The summed E-state index contributed by atoms with van der Waals surface area (Å²) in [5.41, 5.74) is 1.55. The lowest BCUT2D eigenvalue weighted by atomic mass is 10.1. The van der Waals surface area contributed by atoms with E-state index in [9.17, 15) is 21.6 Å². The zero-order valence-electron chi connectivity index (χ0n) is 18.4. The van der Waals surface area contributed by atoms with Gasteiger partial charge in [-0.15, -0.1) is 0 Å². The second-order valence-electron chi connectivity index (χ2n) is 8.01. The number of benzene rings is 2. The molecular formula is C23H29NO6S2. The van der Waals surface area contributed by atoms with Crippen LogP contribution in [0.15, 0.2) is 47.4 Å². The number of fused-ring (bicyclic) bond motifs is 1. The van der Waals surface area contributed by atoms with Crippen molar-refractivity contribution in [1.82, 2.24) is 0 Å². The van der Waals surface area contributed by atoms with Gasteiger partial charge in [-0.2, -0.15) is 8.42 Å². The van der Waals surface area contributed by atoms with E-state index in [1.54, 1.807) is 30.3 Å². The maximum Gasteiger partial charge on any atom is 0.306 e. The molecular weight excluding hydrogens is 450 g/mol. The highest BCUT2D eigenvalue weighted by Crippen LogP contribution is 2.33. The number of unbranched alkanes of at least 4 members (excludes halogenated alkanes) is 4. The fraction of sp³-hybridized carbons (Fsp3) is 0.435. The minimum absolute atomic E-state index is 0.0317. The highest BCUT2D eigenvalue weighted by molar-refractivity contribution is 7.91. The van der Waals surface area contributed by atoms with Crippen LogP contribution in [0.1, 0.15) is 54.9 Å². The number of hydrogen-bond donors (Lipinski definition) is 0. The number of carbonyl (C=O) groups excluding carboxylic acids is 1. The van der Waals surface area contributed by atoms with Gasteiger partial charge in [0, 0.05) is 12.2 Å². The third-order valence-corrected chi connectivity index (χ3v) is 7.71. The zero-order chi connectivity index (χ0) is 23.4. The fourth-order valence-electron chi connectivity index (χ4n) is 3.82. The number of carbonyl (C=O) groups is 1. The van der Waals surface area contributed by atoms with Gasteiger partial charge in [0.1, 0.15) is 0 Å². The third-order valence-electron chi connectivity index (χ3n) is 5.43. The summed E-state index contributed by atoms with van der Waals surface area (Å²) in [5, 5.41) is 0. The molecule has 9 heteroatoms. The Hall–Kier alpha value is -2.39. The molecule has 7 nitrogen and oxygen atoms in total. The molecule has 0 aromatic heterocycles. The van der Waals surface area contributed by atoms with Crippen molar-refractivity contribution >= 4 is 31.5 Å². The van der Waals surface area contributed by atoms with Crippen LogP contribution in [0.25, 0.3) is 0 Å². The van der Waals surface area contributed by atoms with Crippen LogP contribution in [0.2, 0.25) is 0 Å². The Bertz CT molecular complexity index is 1190. The van der Waals surface area contributed by atoms with E-state index in [4.69, 9.17) is 4.18 Å². The molecule has 0 radical (unpaired) electrons. The number of amides is 1. The SMILES string of the molecule is CCCCCCCS(=O)(=O)c1ccc2c(c1)CCN2C(=O)c1ccccc1OS(C)(=O)=O. The van der Waals surface area contributed by atoms with E-state index in [-0.39, 0.29) is 22.0 Å². The molecule has 0 N–H and O–H groups in total. The van der Waals surface area contributed by atoms with Gasteiger partial charge in [0.05, 0.1) is 22.5 Å². The highest BCUT2D eigenvalue weighted by Gasteiger charge is 2.29. The van der Waals surface area contributed by atoms with Gasteiger partial charge in [0.15, 0.2) is 15.6 Å². The lowest BCUT2D eigenvalue weighted by molar-refractivity contribution is 0.0988. The van der Waals surface area contributed by atoms with Crippen LogP contribution in [0.3, 0.4) is 0 Å². The van der Waals surface area contributed by atoms with Crippen LogP contribution in [-0.4, -0.2) is 41.3 Å². The molecule has 32 heavy (non-hydrogen) atoms. The summed E-state index contributed by atoms with van der Waals surface area (Å²) in [7, 11) is -7.17. The van der Waals surface area contributed by atoms with E-state index in [1.807, 2.05) is 0 Å². The summed E-state index contributed by atoms with van der Waals surface area (Å²) in [6, 6.07) is 11.0. The Morgan fingerprint density at radius 2 is 1.72 bits per heavy atom. The van der Waals surface area contributed by atoms with Gasteiger partial charge < -0.3 is 9.08 Å². The van der Waals surface area contributed by atoms with Crippen molar-refractivity contribution in [1.29, 1.82) is 0 Å². The first-order chi connectivity index (χ1) is 15.1. The monoisotopic (exact) mass is 479 g/mol. The fourth-order valence-corrected chi connectivity index (χ4v) is 5.71. The third kappa shape index (κ3) is 5.89. The molecule has 0 saturated heterocycles. The van der Waals surface area contributed by atoms with Crippen molar-refractivity contribution < 1.29 is 25.8 Å². The second-order valence-corrected chi connectivity index (χ2v) is 11.7. The van der Waals surface area contributed by atoms with E-state index in [0.717, 1.165) is 37.5 Å². The quantitative estimate of drug-likeness (QED) is 0.378. The van der Waals surface area contributed by atoms with Crippen molar-refractivity contribution in [2.24, 2.45) is 0 Å². The van der Waals surface area contributed by atoms with Crippen molar-refractivity contribution in [2.45, 2.75) is 50.3 Å². The molecule has 1 aliphatic heterocycles. The van der Waals surface area contributed by atoms with Crippen LogP contribution in [-0.2, 0) is 26.4 Å². The summed E-state index contributed by atoms with van der Waals surface area (Å²) in [6.45, 7) is 2.49. The summed E-state index contributed by atoms with van der Waals surface area (Å²) in [5.74, 6) is -0.306. The van der Waals surface area contributed by atoms with Crippen LogP contribution < -0.4 is 9.08 Å². The molecule has 2 aromatic rings. The second kappa shape index (κ2) is 10.0. The van der Waals surface area contributed by atoms with Gasteiger partial charge in [0.2, 0.25) is 0 Å². The molecule has 0 aliphatic carbocycles. The summed E-state index contributed by atoms with van der Waals surface area (Å²) < 4.78 is 53.5. The number of anilines is 1. The van der Waals surface area contributed by atoms with E-state index in [2.05, 4.69) is 6.92 Å². The van der Waals surface area contributed by atoms with E-state index in [1.165, 1.54) is 17.0 Å². The highest BCUT2D eigenvalue weighted by atomic mass is 32.2. The van der Waals surface area contributed by atoms with Crippen LogP contribution in [0.5, 0.6) is 5.75 Å². The molecule has 0 saturated carbocycles. The van der Waals surface area contributed by atoms with Crippen molar-refractivity contribution in [3.8, 4) is 5.75 Å². The molecule has 1 aliphatic rings. The van der Waals surface area contributed by atoms with Crippen LogP contribution in [0, 0.1) is 0 Å². The van der Waals surface area contributed by atoms with Crippen LogP contribution in [0.4, 0.5) is 5.69 Å². The van der Waals surface area contributed by atoms with Gasteiger partial charge >= 0.3 is 10.1 Å². The molecule has 0 spiro atoms. The number of para-hydroxylation sites is 1. The molecule has 0 bridgehead atoms. The Morgan fingerprint density at radius 1 is 1.00 bits per heavy atom. The van der Waals surface area contributed by atoms with Gasteiger partial charge in [-0.25, -0.2) is 8.42 Å². The number of rotatable bonds is 10. The smallest absolute Gasteiger partial charge is 0.306 e. The topological polar surface area (TPSA) is 97.8 Å². The molecule has 174 valence electrons. The first-order valence-electron chi connectivity index (χ1n) is 10.8. The zero-order valence-corrected chi connectivity index (χ0v) is 20.0. The normalized spacial score (nSPS) is 13.8. The molecule has 3 rings (SSSR count). The Morgan fingerprint density at radius 3 is 2.44 bits per heavy atom. The predicted octanol–water partition coefficient (Wildman–Crippen LogP) is 3.97. The number of hydrogen-bond acceptors (Lipinski definition) is 6. The summed E-state index contributed by atoms with van der Waals surface area (Å²) in [4.78, 5) is 15.0. The molecule has 0 fully saturated rings. The van der Waals surface area contributed by atoms with Crippen molar-refractivity contribution in [3.05, 3.63) is 53.6 Å². The molecule has 0 unspecified atom stereocenters. The van der Waals surface area contributed by atoms with Crippen LogP contribution >= 0.6 is 0 Å². The molecule has 0 atom stereocenters. The maximum absolute atomic E-state index is 13.2. The standard InChI is InChI=1S/C23H29NO6S2/c1-3-4-5-6-9-16-32(28,29)19-12-13-21-18(17-19)14-15-24(21)23(25)20-10-7-8-11-22(20)30-31(2,26)27/h7-8,10-13,17H,3-6,9,14-16H2,1-2H3. The van der Waals surface area contributed by atoms with E-state index >= 15 is 0 Å². The largest absolute Gasteiger partial charge is 0.382 e. The lowest BCUT2D eigenvalue weighted by Crippen LogP contribution is -2.29. The molecule has 2 aromatic carbocycles. The minimum Gasteiger partial charge on any atom is -0.382 e. The lowest BCUT2D eigenvalue weighted by Gasteiger charge is -2.19. The van der Waals surface area contributed by atoms with E-state index in [0.29, 0.717) is 25.1 Å². The van der Waals surface area contributed by atoms with E-state index < -0.39 is 25.9 Å². The van der Waals surface area contributed by atoms with Gasteiger partial charge in [-0.05, 0) is 48.7 Å². The Kier molecular flexibility index (Phi) is 7.61. The summed E-state index contributed by atoms with van der Waals surface area (Å²) >= 11 is 0. The first-order valence-corrected chi connectivity index (χ1v) is 14.3. The number of nitrogens with zero attached hydrogens (tertiary/aromatic N) is 1. The van der Waals surface area contributed by atoms with Crippen molar-refractivity contribution in [2.75, 3.05) is 23.5 Å². The summed E-state index contributed by atoms with van der Waals surface area (Å²) in [6.07, 6.45) is 6.24. The average Bonchev–Trinajstić information content (AvgIpc) is 3.15. The minimum atomic E-state index is -3.79. The van der Waals surface area contributed by atoms with Crippen molar-refractivity contribution in [3.63, 3.8) is 0 Å². The Labute approximate surface area is 190 Å².